The van der Waals surface area contributed by atoms with Gasteiger partial charge in [-0.15, -0.1) is 0 Å². The molecule has 6 nitrogen and oxygen atoms in total. The average molecular weight is 285 g/mol. The second kappa shape index (κ2) is 5.24. The van der Waals surface area contributed by atoms with Crippen molar-refractivity contribution >= 4 is 12.1 Å². The largest absolute Gasteiger partial charge is 0.464 e. The van der Waals surface area contributed by atoms with Gasteiger partial charge in [-0.05, 0) is 46.5 Å². The number of amides is 1. The molecule has 0 radical (unpaired) electrons. The Morgan fingerprint density at radius 2 is 1.95 bits per heavy atom. The molecule has 1 aliphatic heterocycles. The molecule has 1 saturated heterocycles. The maximum Gasteiger partial charge on any atom is 0.411 e. The number of hydrogen-bond acceptors (Lipinski definition) is 5. The summed E-state index contributed by atoms with van der Waals surface area (Å²) in [6.07, 6.45) is 0.0251. The Bertz CT molecular complexity index is 403. The Kier molecular flexibility index (Phi) is 3.95. The van der Waals surface area contributed by atoms with Crippen molar-refractivity contribution < 1.29 is 24.2 Å². The van der Waals surface area contributed by atoms with Crippen molar-refractivity contribution in [2.24, 2.45) is 5.92 Å². The van der Waals surface area contributed by atoms with Crippen molar-refractivity contribution in [2.45, 2.75) is 64.3 Å². The molecular weight excluding hydrogens is 262 g/mol. The van der Waals surface area contributed by atoms with Gasteiger partial charge < -0.3 is 14.6 Å². The van der Waals surface area contributed by atoms with E-state index >= 15 is 0 Å². The molecule has 2 aliphatic rings. The van der Waals surface area contributed by atoms with Crippen LogP contribution in [0.25, 0.3) is 0 Å². The minimum absolute atomic E-state index is 0.0402. The molecule has 20 heavy (non-hydrogen) atoms. The van der Waals surface area contributed by atoms with Crippen molar-refractivity contribution in [3.8, 4) is 0 Å². The van der Waals surface area contributed by atoms with Crippen molar-refractivity contribution in [1.82, 2.24) is 4.90 Å². The minimum Gasteiger partial charge on any atom is -0.464 e. The summed E-state index contributed by atoms with van der Waals surface area (Å²) in [5, 5.41) is 9.96. The van der Waals surface area contributed by atoms with Crippen LogP contribution in [0.1, 0.15) is 40.5 Å². The number of fused-ring (bicyclic) bond motifs is 2. The number of hydrogen-bond donors (Lipinski definition) is 1. The number of piperidine rings is 1. The molecule has 0 aromatic heterocycles. The van der Waals surface area contributed by atoms with Crippen molar-refractivity contribution in [3.05, 3.63) is 0 Å². The van der Waals surface area contributed by atoms with E-state index in [1.165, 1.54) is 4.90 Å². The quantitative estimate of drug-likeness (QED) is 0.774. The van der Waals surface area contributed by atoms with Crippen LogP contribution < -0.4 is 0 Å². The lowest BCUT2D eigenvalue weighted by molar-refractivity contribution is -0.152. The zero-order valence-electron chi connectivity index (χ0n) is 12.5. The fraction of sp³-hybridized carbons (Fsp3) is 0.857. The lowest BCUT2D eigenvalue weighted by Crippen LogP contribution is -2.55. The second-order valence-corrected chi connectivity index (χ2v) is 6.45. The summed E-state index contributed by atoms with van der Waals surface area (Å²) < 4.78 is 10.4. The molecule has 0 aromatic carbocycles. The van der Waals surface area contributed by atoms with E-state index in [1.807, 2.05) is 0 Å². The number of carbonyl (C=O) groups excluding carboxylic acids is 2. The maximum atomic E-state index is 12.3. The van der Waals surface area contributed by atoms with Gasteiger partial charge in [0.25, 0.3) is 0 Å². The van der Waals surface area contributed by atoms with E-state index in [0.29, 0.717) is 12.8 Å². The zero-order chi connectivity index (χ0) is 15.1. The highest BCUT2D eigenvalue weighted by Crippen LogP contribution is 2.43. The number of nitrogens with zero attached hydrogens (tertiary/aromatic N) is 1. The highest BCUT2D eigenvalue weighted by atomic mass is 16.6. The topological polar surface area (TPSA) is 76.1 Å². The Morgan fingerprint density at radius 3 is 2.50 bits per heavy atom. The van der Waals surface area contributed by atoms with Crippen LogP contribution in [0.5, 0.6) is 0 Å². The van der Waals surface area contributed by atoms with Crippen molar-refractivity contribution in [3.63, 3.8) is 0 Å². The lowest BCUT2D eigenvalue weighted by atomic mass is 9.98. The lowest BCUT2D eigenvalue weighted by Gasteiger charge is -2.37. The van der Waals surface area contributed by atoms with Crippen LogP contribution >= 0.6 is 0 Å². The Hall–Kier alpha value is -1.30. The first-order valence-corrected chi connectivity index (χ1v) is 7.10. The van der Waals surface area contributed by atoms with Gasteiger partial charge in [0.2, 0.25) is 0 Å². The number of likely N-dealkylation sites (tertiary alicyclic amines) is 1. The molecule has 1 heterocycles. The van der Waals surface area contributed by atoms with Gasteiger partial charge in [0.05, 0.1) is 18.8 Å². The van der Waals surface area contributed by atoms with Gasteiger partial charge in [0, 0.05) is 0 Å². The van der Waals surface area contributed by atoms with Gasteiger partial charge in [-0.3, -0.25) is 4.90 Å². The van der Waals surface area contributed by atoms with Crippen LogP contribution in [-0.4, -0.2) is 52.5 Å². The summed E-state index contributed by atoms with van der Waals surface area (Å²) in [6.45, 7) is 7.33. The van der Waals surface area contributed by atoms with Crippen LogP contribution in [0.3, 0.4) is 0 Å². The van der Waals surface area contributed by atoms with Gasteiger partial charge >= 0.3 is 12.1 Å². The third-order valence-corrected chi connectivity index (χ3v) is 3.77. The maximum absolute atomic E-state index is 12.3. The second-order valence-electron chi connectivity index (χ2n) is 6.45. The van der Waals surface area contributed by atoms with Crippen LogP contribution in [0.4, 0.5) is 4.79 Å². The van der Waals surface area contributed by atoms with Crippen molar-refractivity contribution in [1.29, 1.82) is 0 Å². The third kappa shape index (κ3) is 2.75. The molecule has 1 amide bonds. The number of aliphatic hydroxyl groups is 1. The zero-order valence-corrected chi connectivity index (χ0v) is 12.5. The van der Waals surface area contributed by atoms with Crippen LogP contribution in [0.15, 0.2) is 0 Å². The first-order valence-electron chi connectivity index (χ1n) is 7.10. The summed E-state index contributed by atoms with van der Waals surface area (Å²) in [6, 6.07) is -0.970. The smallest absolute Gasteiger partial charge is 0.411 e. The summed E-state index contributed by atoms with van der Waals surface area (Å²) in [5.74, 6) is -0.445. The van der Waals surface area contributed by atoms with Gasteiger partial charge in [-0.1, -0.05) is 0 Å². The van der Waals surface area contributed by atoms with Gasteiger partial charge in [0.1, 0.15) is 11.6 Å². The SMILES string of the molecule is CCOC(=O)[C@H]1C2CC(O)C(C2)N1C(=O)OC(C)(C)C. The molecule has 1 saturated carbocycles. The predicted octanol–water partition coefficient (Wildman–Crippen LogP) is 1.31. The third-order valence-electron chi connectivity index (χ3n) is 3.77. The molecule has 2 rings (SSSR count). The van der Waals surface area contributed by atoms with Gasteiger partial charge in [-0.2, -0.15) is 0 Å². The number of rotatable bonds is 2. The molecule has 1 aliphatic carbocycles. The van der Waals surface area contributed by atoms with Crippen LogP contribution in [-0.2, 0) is 14.3 Å². The number of carbonyl (C=O) groups is 2. The van der Waals surface area contributed by atoms with E-state index in [9.17, 15) is 14.7 Å². The molecule has 0 spiro atoms. The van der Waals surface area contributed by atoms with E-state index in [-0.39, 0.29) is 18.6 Å². The van der Waals surface area contributed by atoms with E-state index in [2.05, 4.69) is 0 Å². The Labute approximate surface area is 119 Å². The fourth-order valence-electron chi connectivity index (χ4n) is 3.12. The number of esters is 1. The summed E-state index contributed by atoms with van der Waals surface area (Å²) >= 11 is 0. The Balaban J connectivity index is 2.18. The molecule has 6 heteroatoms. The number of ether oxygens (including phenoxy) is 2. The molecule has 2 fully saturated rings. The highest BCUT2D eigenvalue weighted by Gasteiger charge is 2.57. The molecule has 3 unspecified atom stereocenters. The van der Waals surface area contributed by atoms with Crippen molar-refractivity contribution in [2.75, 3.05) is 6.61 Å². The molecule has 114 valence electrons. The molecule has 2 bridgehead atoms. The molecule has 1 N–H and O–H groups in total. The molecule has 4 atom stereocenters. The number of aliphatic hydroxyl groups excluding tert-OH is 1. The van der Waals surface area contributed by atoms with Gasteiger partial charge in [0.15, 0.2) is 0 Å². The van der Waals surface area contributed by atoms with Crippen LogP contribution in [0, 0.1) is 5.92 Å². The fourth-order valence-corrected chi connectivity index (χ4v) is 3.12. The summed E-state index contributed by atoms with van der Waals surface area (Å²) in [7, 11) is 0. The predicted molar refractivity (Wildman–Crippen MR) is 71.0 cm³/mol. The first kappa shape index (κ1) is 15.1. The first-order chi connectivity index (χ1) is 9.24. The highest BCUT2D eigenvalue weighted by molar-refractivity contribution is 5.83. The minimum atomic E-state index is -0.636. The van der Waals surface area contributed by atoms with E-state index < -0.39 is 29.8 Å². The summed E-state index contributed by atoms with van der Waals surface area (Å²) in [4.78, 5) is 25.7. The standard InChI is InChI=1S/C14H23NO5/c1-5-19-12(17)11-8-6-9(10(16)7-8)15(11)13(18)20-14(2,3)4/h8-11,16H,5-7H2,1-4H3/t8?,9?,10?,11-/m1/s1. The Morgan fingerprint density at radius 1 is 1.30 bits per heavy atom. The monoisotopic (exact) mass is 285 g/mol. The van der Waals surface area contributed by atoms with Crippen LogP contribution in [0.2, 0.25) is 0 Å². The van der Waals surface area contributed by atoms with E-state index in [0.717, 1.165) is 0 Å². The van der Waals surface area contributed by atoms with Gasteiger partial charge in [-0.25, -0.2) is 9.59 Å². The summed E-state index contributed by atoms with van der Waals surface area (Å²) in [5.41, 5.74) is -0.636. The average Bonchev–Trinajstić information content (AvgIpc) is 2.82. The molecule has 0 aromatic rings. The van der Waals surface area contributed by atoms with E-state index in [4.69, 9.17) is 9.47 Å². The molecular formula is C14H23NO5. The normalized spacial score (nSPS) is 32.4. The van der Waals surface area contributed by atoms with E-state index in [1.54, 1.807) is 27.7 Å².